The van der Waals surface area contributed by atoms with Gasteiger partial charge in [0.2, 0.25) is 0 Å². The van der Waals surface area contributed by atoms with Crippen LogP contribution >= 0.6 is 0 Å². The van der Waals surface area contributed by atoms with Crippen LogP contribution in [-0.4, -0.2) is 28.0 Å². The fraction of sp³-hybridized carbons (Fsp3) is 0.211. The summed E-state index contributed by atoms with van der Waals surface area (Å²) in [5, 5.41) is 11.0. The maximum Gasteiger partial charge on any atom is 0.278 e. The fourth-order valence-electron chi connectivity index (χ4n) is 2.92. The van der Waals surface area contributed by atoms with Crippen molar-refractivity contribution in [2.45, 2.75) is 19.3 Å². The number of carbonyl (C=O) groups excluding carboxylic acids is 1. The average molecular weight is 350 g/mol. The fourth-order valence-corrected chi connectivity index (χ4v) is 2.92. The van der Waals surface area contributed by atoms with Crippen molar-refractivity contribution in [1.29, 1.82) is 0 Å². The molecule has 0 radical (unpaired) electrons. The van der Waals surface area contributed by atoms with E-state index >= 15 is 0 Å². The molecule has 1 aromatic heterocycles. The van der Waals surface area contributed by atoms with Crippen molar-refractivity contribution >= 4 is 11.6 Å². The van der Waals surface area contributed by atoms with E-state index in [0.29, 0.717) is 23.6 Å². The van der Waals surface area contributed by atoms with Gasteiger partial charge in [0.15, 0.2) is 5.69 Å². The molecule has 0 aliphatic carbocycles. The number of anilines is 1. The summed E-state index contributed by atoms with van der Waals surface area (Å²) in [6.07, 6.45) is -0.139. The summed E-state index contributed by atoms with van der Waals surface area (Å²) < 4.78 is 12.9. The molecule has 1 atom stereocenters. The van der Waals surface area contributed by atoms with E-state index in [-0.39, 0.29) is 18.6 Å². The lowest BCUT2D eigenvalue weighted by atomic mass is 10.1. The van der Waals surface area contributed by atoms with Crippen molar-refractivity contribution in [2.75, 3.05) is 12.4 Å². The number of aromatic nitrogens is 3. The molecule has 0 spiro atoms. The molecule has 0 bridgehead atoms. The summed E-state index contributed by atoms with van der Waals surface area (Å²) >= 11 is 0. The minimum atomic E-state index is -0.288. The molecule has 7 nitrogen and oxygen atoms in total. The second-order valence-electron chi connectivity index (χ2n) is 5.96. The number of ether oxygens (including phenoxy) is 2. The van der Waals surface area contributed by atoms with Crippen molar-refractivity contribution < 1.29 is 14.3 Å². The molecule has 4 rings (SSSR count). The molecule has 132 valence electrons. The molecule has 3 aromatic rings. The Morgan fingerprint density at radius 3 is 2.69 bits per heavy atom. The summed E-state index contributed by atoms with van der Waals surface area (Å²) in [5.74, 6) is 0.509. The third kappa shape index (κ3) is 3.16. The number of hydrogen-bond acceptors (Lipinski definition) is 5. The van der Waals surface area contributed by atoms with E-state index in [1.165, 1.54) is 0 Å². The highest BCUT2D eigenvalue weighted by Gasteiger charge is 2.27. The first-order valence-electron chi connectivity index (χ1n) is 8.29. The van der Waals surface area contributed by atoms with Gasteiger partial charge in [-0.15, -0.1) is 5.10 Å². The SMILES string of the molecule is COc1ccc(C2Cn3nnc(C(=O)Nc4ccccc4)c3CO2)cc1. The van der Waals surface area contributed by atoms with Crippen molar-refractivity contribution in [3.63, 3.8) is 0 Å². The summed E-state index contributed by atoms with van der Waals surface area (Å²) in [6.45, 7) is 0.786. The van der Waals surface area contributed by atoms with E-state index in [0.717, 1.165) is 11.3 Å². The van der Waals surface area contributed by atoms with E-state index in [1.807, 2.05) is 54.6 Å². The molecule has 1 aliphatic heterocycles. The topological polar surface area (TPSA) is 78.3 Å². The minimum Gasteiger partial charge on any atom is -0.497 e. The molecular formula is C19H18N4O3. The van der Waals surface area contributed by atoms with Gasteiger partial charge in [-0.25, -0.2) is 4.68 Å². The highest BCUT2D eigenvalue weighted by atomic mass is 16.5. The van der Waals surface area contributed by atoms with Gasteiger partial charge in [0, 0.05) is 5.69 Å². The largest absolute Gasteiger partial charge is 0.497 e. The quantitative estimate of drug-likeness (QED) is 0.783. The number of carbonyl (C=O) groups is 1. The lowest BCUT2D eigenvalue weighted by Crippen LogP contribution is -2.24. The highest BCUT2D eigenvalue weighted by Crippen LogP contribution is 2.28. The summed E-state index contributed by atoms with van der Waals surface area (Å²) in [6, 6.07) is 17.0. The van der Waals surface area contributed by atoms with Crippen LogP contribution in [0.25, 0.3) is 0 Å². The van der Waals surface area contributed by atoms with Crippen LogP contribution in [-0.2, 0) is 17.9 Å². The van der Waals surface area contributed by atoms with Crippen molar-refractivity contribution in [3.05, 3.63) is 71.5 Å². The number of fused-ring (bicyclic) bond motifs is 1. The molecule has 1 unspecified atom stereocenters. The second-order valence-corrected chi connectivity index (χ2v) is 5.96. The Kier molecular flexibility index (Phi) is 4.37. The van der Waals surface area contributed by atoms with Crippen LogP contribution in [0.2, 0.25) is 0 Å². The number of hydrogen-bond donors (Lipinski definition) is 1. The van der Waals surface area contributed by atoms with Gasteiger partial charge in [0.25, 0.3) is 5.91 Å². The molecule has 0 fully saturated rings. The van der Waals surface area contributed by atoms with Gasteiger partial charge >= 0.3 is 0 Å². The van der Waals surface area contributed by atoms with E-state index in [2.05, 4.69) is 15.6 Å². The molecule has 1 aliphatic rings. The van der Waals surface area contributed by atoms with Gasteiger partial charge < -0.3 is 14.8 Å². The maximum absolute atomic E-state index is 12.5. The predicted octanol–water partition coefficient (Wildman–Crippen LogP) is 2.81. The zero-order chi connectivity index (χ0) is 17.9. The Bertz CT molecular complexity index is 906. The molecule has 0 saturated heterocycles. The molecule has 2 aromatic carbocycles. The zero-order valence-corrected chi connectivity index (χ0v) is 14.3. The molecular weight excluding hydrogens is 332 g/mol. The lowest BCUT2D eigenvalue weighted by molar-refractivity contribution is -0.00173. The van der Waals surface area contributed by atoms with Gasteiger partial charge in [0.05, 0.1) is 26.0 Å². The van der Waals surface area contributed by atoms with Gasteiger partial charge in [-0.2, -0.15) is 0 Å². The highest BCUT2D eigenvalue weighted by molar-refractivity contribution is 6.03. The lowest BCUT2D eigenvalue weighted by Gasteiger charge is -2.24. The second kappa shape index (κ2) is 6.97. The molecule has 0 saturated carbocycles. The number of nitrogens with zero attached hydrogens (tertiary/aromatic N) is 3. The molecule has 26 heavy (non-hydrogen) atoms. The number of benzene rings is 2. The first-order chi connectivity index (χ1) is 12.7. The maximum atomic E-state index is 12.5. The first kappa shape index (κ1) is 16.3. The Labute approximate surface area is 150 Å². The number of para-hydroxylation sites is 1. The average Bonchev–Trinajstić information content (AvgIpc) is 3.12. The zero-order valence-electron chi connectivity index (χ0n) is 14.3. The standard InChI is InChI=1S/C19H18N4O3/c1-25-15-9-7-13(8-10-15)17-11-23-16(12-26-17)18(21-22-23)19(24)20-14-5-3-2-4-6-14/h2-10,17H,11-12H2,1H3,(H,20,24). The predicted molar refractivity (Wildman–Crippen MR) is 94.9 cm³/mol. The number of amides is 1. The van der Waals surface area contributed by atoms with E-state index in [4.69, 9.17) is 9.47 Å². The van der Waals surface area contributed by atoms with Crippen LogP contribution in [0, 0.1) is 0 Å². The van der Waals surface area contributed by atoms with Crippen molar-refractivity contribution in [2.24, 2.45) is 0 Å². The molecule has 1 amide bonds. The van der Waals surface area contributed by atoms with Crippen LogP contribution in [0.3, 0.4) is 0 Å². The van der Waals surface area contributed by atoms with Gasteiger partial charge in [-0.1, -0.05) is 35.5 Å². The minimum absolute atomic E-state index is 0.139. The smallest absolute Gasteiger partial charge is 0.278 e. The van der Waals surface area contributed by atoms with Crippen molar-refractivity contribution in [1.82, 2.24) is 15.0 Å². The third-order valence-corrected chi connectivity index (χ3v) is 4.33. The number of nitrogens with one attached hydrogen (secondary N) is 1. The Morgan fingerprint density at radius 1 is 1.19 bits per heavy atom. The van der Waals surface area contributed by atoms with Crippen LogP contribution in [0.1, 0.15) is 27.8 Å². The Balaban J connectivity index is 1.50. The van der Waals surface area contributed by atoms with Gasteiger partial charge in [-0.05, 0) is 29.8 Å². The monoisotopic (exact) mass is 350 g/mol. The number of methoxy groups -OCH3 is 1. The summed E-state index contributed by atoms with van der Waals surface area (Å²) in [5.41, 5.74) is 2.72. The Morgan fingerprint density at radius 2 is 1.96 bits per heavy atom. The Hall–Kier alpha value is -3.19. The van der Waals surface area contributed by atoms with E-state index in [9.17, 15) is 4.79 Å². The van der Waals surface area contributed by atoms with Crippen LogP contribution < -0.4 is 10.1 Å². The van der Waals surface area contributed by atoms with E-state index < -0.39 is 0 Å². The molecule has 7 heteroatoms. The normalized spacial score (nSPS) is 16.0. The van der Waals surface area contributed by atoms with Crippen LogP contribution in [0.15, 0.2) is 54.6 Å². The number of rotatable bonds is 4. The van der Waals surface area contributed by atoms with Gasteiger partial charge in [0.1, 0.15) is 11.9 Å². The first-order valence-corrected chi connectivity index (χ1v) is 8.29. The third-order valence-electron chi connectivity index (χ3n) is 4.33. The molecule has 2 heterocycles. The molecule has 1 N–H and O–H groups in total. The van der Waals surface area contributed by atoms with Crippen LogP contribution in [0.4, 0.5) is 5.69 Å². The van der Waals surface area contributed by atoms with Crippen LogP contribution in [0.5, 0.6) is 5.75 Å². The van der Waals surface area contributed by atoms with E-state index in [1.54, 1.807) is 11.8 Å². The summed E-state index contributed by atoms with van der Waals surface area (Å²) in [4.78, 5) is 12.5. The van der Waals surface area contributed by atoms with Gasteiger partial charge in [-0.3, -0.25) is 4.79 Å². The van der Waals surface area contributed by atoms with Crippen molar-refractivity contribution in [3.8, 4) is 5.75 Å². The summed E-state index contributed by atoms with van der Waals surface area (Å²) in [7, 11) is 1.63.